The molecule has 0 atom stereocenters. The van der Waals surface area contributed by atoms with E-state index in [0.717, 1.165) is 0 Å². The van der Waals surface area contributed by atoms with Crippen LogP contribution in [0.5, 0.6) is 0 Å². The highest BCUT2D eigenvalue weighted by Crippen LogP contribution is 2.18. The lowest BCUT2D eigenvalue weighted by molar-refractivity contribution is -0.116. The van der Waals surface area contributed by atoms with Crippen molar-refractivity contribution in [3.05, 3.63) is 45.4 Å². The number of aryl methyl sites for hydroxylation is 1. The van der Waals surface area contributed by atoms with E-state index in [1.54, 1.807) is 0 Å². The molecule has 1 aliphatic carbocycles. The van der Waals surface area contributed by atoms with Crippen LogP contribution < -0.4 is 16.2 Å². The molecule has 0 radical (unpaired) electrons. The highest BCUT2D eigenvalue weighted by Gasteiger charge is 2.21. The van der Waals surface area contributed by atoms with Crippen molar-refractivity contribution in [1.82, 2.24) is 15.6 Å². The summed E-state index contributed by atoms with van der Waals surface area (Å²) in [5.74, 6) is -0.929. The van der Waals surface area contributed by atoms with E-state index in [1.807, 2.05) is 0 Å². The number of Topliss-reactive ketones (excluding diaryl/α,β-unsaturated/α-hetero) is 1. The van der Waals surface area contributed by atoms with Gasteiger partial charge in [-0.1, -0.05) is 6.08 Å². The quantitative estimate of drug-likeness (QED) is 0.676. The van der Waals surface area contributed by atoms with Gasteiger partial charge in [0, 0.05) is 37.3 Å². The molecule has 2 rings (SSSR count). The third kappa shape index (κ3) is 3.49. The molecule has 0 fully saturated rings. The molecule has 1 aromatic rings. The summed E-state index contributed by atoms with van der Waals surface area (Å²) in [4.78, 5) is 49.3. The molecule has 0 aromatic carbocycles. The van der Waals surface area contributed by atoms with Gasteiger partial charge in [-0.15, -0.1) is 0 Å². The van der Waals surface area contributed by atoms with Gasteiger partial charge in [0.2, 0.25) is 5.91 Å². The summed E-state index contributed by atoms with van der Waals surface area (Å²) in [5, 5.41) is 4.91. The van der Waals surface area contributed by atoms with E-state index in [0.29, 0.717) is 30.5 Å². The maximum absolute atomic E-state index is 12.0. The number of amides is 2. The Balaban J connectivity index is 2.12. The number of aromatic amines is 1. The standard InChI is InChI=1S/C15H17N3O4/c1-16-13(20)6-3-7-17-14(21)10-8-9-11(18-15(10)22)4-2-5-12(9)19/h3,6,8H,2,4-5,7H2,1H3,(H,16,20)(H,17,21)(H,18,22)/b6-3+. The number of nitrogens with one attached hydrogen (secondary N) is 3. The van der Waals surface area contributed by atoms with Crippen molar-refractivity contribution in [1.29, 1.82) is 0 Å². The van der Waals surface area contributed by atoms with Gasteiger partial charge in [-0.2, -0.15) is 0 Å². The summed E-state index contributed by atoms with van der Waals surface area (Å²) in [6.07, 6.45) is 4.51. The summed E-state index contributed by atoms with van der Waals surface area (Å²) in [7, 11) is 1.49. The summed E-state index contributed by atoms with van der Waals surface area (Å²) < 4.78 is 0. The summed E-state index contributed by atoms with van der Waals surface area (Å²) in [5.41, 5.74) is 0.401. The number of carbonyl (C=O) groups excluding carboxylic acids is 3. The van der Waals surface area contributed by atoms with Gasteiger partial charge < -0.3 is 15.6 Å². The fraction of sp³-hybridized carbons (Fsp3) is 0.333. The zero-order valence-corrected chi connectivity index (χ0v) is 12.2. The van der Waals surface area contributed by atoms with Gasteiger partial charge >= 0.3 is 0 Å². The number of likely N-dealkylation sites (N-methyl/N-ethyl adjacent to an activating group) is 1. The molecule has 3 N–H and O–H groups in total. The monoisotopic (exact) mass is 303 g/mol. The second-order valence-corrected chi connectivity index (χ2v) is 4.91. The third-order valence-electron chi connectivity index (χ3n) is 3.39. The first-order chi connectivity index (χ1) is 10.5. The van der Waals surface area contributed by atoms with Crippen molar-refractivity contribution in [3.63, 3.8) is 0 Å². The summed E-state index contributed by atoms with van der Waals surface area (Å²) >= 11 is 0. The number of aromatic nitrogens is 1. The Hall–Kier alpha value is -2.70. The van der Waals surface area contributed by atoms with Crippen LogP contribution in [0.3, 0.4) is 0 Å². The number of hydrogen-bond donors (Lipinski definition) is 3. The molecule has 7 heteroatoms. The number of rotatable bonds is 4. The van der Waals surface area contributed by atoms with E-state index in [9.17, 15) is 19.2 Å². The molecule has 1 heterocycles. The molecule has 7 nitrogen and oxygen atoms in total. The number of carbonyl (C=O) groups is 3. The van der Waals surface area contributed by atoms with Crippen LogP contribution in [0, 0.1) is 0 Å². The average molecular weight is 303 g/mol. The molecule has 0 aliphatic heterocycles. The van der Waals surface area contributed by atoms with E-state index < -0.39 is 11.5 Å². The van der Waals surface area contributed by atoms with Crippen LogP contribution in [0.2, 0.25) is 0 Å². The molecule has 0 bridgehead atoms. The van der Waals surface area contributed by atoms with Crippen LogP contribution in [0.25, 0.3) is 0 Å². The van der Waals surface area contributed by atoms with Gasteiger partial charge in [0.15, 0.2) is 5.78 Å². The molecule has 2 amide bonds. The number of ketones is 1. The smallest absolute Gasteiger partial charge is 0.261 e. The Kier molecular flexibility index (Phi) is 4.88. The van der Waals surface area contributed by atoms with Crippen molar-refractivity contribution >= 4 is 17.6 Å². The lowest BCUT2D eigenvalue weighted by Crippen LogP contribution is -2.32. The fourth-order valence-electron chi connectivity index (χ4n) is 2.24. The van der Waals surface area contributed by atoms with Crippen molar-refractivity contribution < 1.29 is 14.4 Å². The number of fused-ring (bicyclic) bond motifs is 1. The van der Waals surface area contributed by atoms with Crippen LogP contribution in [0.1, 0.15) is 39.3 Å². The van der Waals surface area contributed by atoms with Crippen molar-refractivity contribution in [3.8, 4) is 0 Å². The molecular formula is C15H17N3O4. The van der Waals surface area contributed by atoms with Crippen molar-refractivity contribution in [2.45, 2.75) is 19.3 Å². The molecule has 1 aliphatic rings. The largest absolute Gasteiger partial charge is 0.356 e. The van der Waals surface area contributed by atoms with Gasteiger partial charge in [0.05, 0.1) is 0 Å². The Morgan fingerprint density at radius 2 is 2.09 bits per heavy atom. The summed E-state index contributed by atoms with van der Waals surface area (Å²) in [6.45, 7) is 0.108. The second-order valence-electron chi connectivity index (χ2n) is 4.91. The SMILES string of the molecule is CNC(=O)/C=C/CNC(=O)c1cc2c([nH]c1=O)CCCC2=O. The van der Waals surface area contributed by atoms with Crippen LogP contribution in [0.4, 0.5) is 0 Å². The Bertz CT molecular complexity index is 703. The van der Waals surface area contributed by atoms with E-state index >= 15 is 0 Å². The first kappa shape index (κ1) is 15.7. The summed E-state index contributed by atoms with van der Waals surface area (Å²) in [6, 6.07) is 1.35. The minimum Gasteiger partial charge on any atom is -0.356 e. The van der Waals surface area contributed by atoms with Crippen LogP contribution in [-0.2, 0) is 11.2 Å². The molecule has 0 unspecified atom stereocenters. The Morgan fingerprint density at radius 3 is 2.82 bits per heavy atom. The molecule has 22 heavy (non-hydrogen) atoms. The minimum atomic E-state index is -0.580. The second kappa shape index (κ2) is 6.84. The predicted molar refractivity (Wildman–Crippen MR) is 79.9 cm³/mol. The zero-order valence-electron chi connectivity index (χ0n) is 12.2. The highest BCUT2D eigenvalue weighted by molar-refractivity contribution is 6.01. The van der Waals surface area contributed by atoms with E-state index in [2.05, 4.69) is 15.6 Å². The maximum atomic E-state index is 12.0. The first-order valence-electron chi connectivity index (χ1n) is 6.98. The van der Waals surface area contributed by atoms with Crippen molar-refractivity contribution in [2.24, 2.45) is 0 Å². The topological polar surface area (TPSA) is 108 Å². The van der Waals surface area contributed by atoms with Crippen molar-refractivity contribution in [2.75, 3.05) is 13.6 Å². The van der Waals surface area contributed by atoms with Gasteiger partial charge in [-0.05, 0) is 18.9 Å². The van der Waals surface area contributed by atoms with E-state index in [1.165, 1.54) is 25.3 Å². The molecule has 0 saturated heterocycles. The van der Waals surface area contributed by atoms with E-state index in [-0.39, 0.29) is 23.8 Å². The predicted octanol–water partition coefficient (Wildman–Crippen LogP) is -0.0741. The van der Waals surface area contributed by atoms with Crippen LogP contribution in [-0.4, -0.2) is 36.2 Å². The lowest BCUT2D eigenvalue weighted by Gasteiger charge is -2.14. The number of H-pyrrole nitrogens is 1. The lowest BCUT2D eigenvalue weighted by atomic mass is 9.93. The zero-order chi connectivity index (χ0) is 16.1. The van der Waals surface area contributed by atoms with Crippen LogP contribution in [0.15, 0.2) is 23.0 Å². The van der Waals surface area contributed by atoms with Gasteiger partial charge in [-0.3, -0.25) is 19.2 Å². The average Bonchev–Trinajstić information content (AvgIpc) is 2.50. The fourth-order valence-corrected chi connectivity index (χ4v) is 2.24. The number of pyridine rings is 1. The van der Waals surface area contributed by atoms with Gasteiger partial charge in [0.25, 0.3) is 11.5 Å². The Labute approximate surface area is 126 Å². The molecule has 1 aromatic heterocycles. The highest BCUT2D eigenvalue weighted by atomic mass is 16.2. The van der Waals surface area contributed by atoms with Gasteiger partial charge in [0.1, 0.15) is 5.56 Å². The maximum Gasteiger partial charge on any atom is 0.261 e. The first-order valence-corrected chi connectivity index (χ1v) is 6.98. The number of hydrogen-bond acceptors (Lipinski definition) is 4. The van der Waals surface area contributed by atoms with Crippen LogP contribution >= 0.6 is 0 Å². The normalized spacial score (nSPS) is 13.8. The third-order valence-corrected chi connectivity index (χ3v) is 3.39. The molecular weight excluding hydrogens is 286 g/mol. The van der Waals surface area contributed by atoms with E-state index in [4.69, 9.17) is 0 Å². The molecule has 0 saturated carbocycles. The van der Waals surface area contributed by atoms with Gasteiger partial charge in [-0.25, -0.2) is 0 Å². The molecule has 116 valence electrons. The molecule has 0 spiro atoms. The minimum absolute atomic E-state index is 0.0638. The Morgan fingerprint density at radius 1 is 1.32 bits per heavy atom.